The average molecular weight is 293 g/mol. The molecule has 1 fully saturated rings. The highest BCUT2D eigenvalue weighted by Gasteiger charge is 2.23. The standard InChI is InChI=1S/C15H17F2N3O/c16-14(17)11-19-7-9-20(10-8-19)15(21)13-3-1-12(2-4-13)5-6-18/h1-4,14H,5,7-11H2. The maximum atomic E-state index is 12.3. The van der Waals surface area contributed by atoms with Crippen molar-refractivity contribution in [1.82, 2.24) is 9.80 Å². The number of nitrogens with zero attached hydrogens (tertiary/aromatic N) is 3. The number of hydrogen-bond donors (Lipinski definition) is 0. The molecule has 0 saturated carbocycles. The number of amides is 1. The summed E-state index contributed by atoms with van der Waals surface area (Å²) in [6, 6.07) is 9.01. The molecule has 4 nitrogen and oxygen atoms in total. The van der Waals surface area contributed by atoms with E-state index in [1.54, 1.807) is 34.1 Å². The highest BCUT2D eigenvalue weighted by Crippen LogP contribution is 2.11. The van der Waals surface area contributed by atoms with Gasteiger partial charge in [0.1, 0.15) is 0 Å². The van der Waals surface area contributed by atoms with Crippen LogP contribution in [0.3, 0.4) is 0 Å². The molecule has 0 aliphatic carbocycles. The van der Waals surface area contributed by atoms with Crippen LogP contribution < -0.4 is 0 Å². The average Bonchev–Trinajstić information content (AvgIpc) is 2.48. The number of alkyl halides is 2. The summed E-state index contributed by atoms with van der Waals surface area (Å²) in [4.78, 5) is 15.6. The molecule has 1 amide bonds. The topological polar surface area (TPSA) is 47.3 Å². The number of halogens is 2. The second kappa shape index (κ2) is 7.14. The lowest BCUT2D eigenvalue weighted by Gasteiger charge is -2.34. The lowest BCUT2D eigenvalue weighted by Crippen LogP contribution is -2.49. The molecular formula is C15H17F2N3O. The lowest BCUT2D eigenvalue weighted by atomic mass is 10.1. The molecule has 6 heteroatoms. The molecule has 1 aliphatic heterocycles. The molecule has 0 atom stereocenters. The fourth-order valence-corrected chi connectivity index (χ4v) is 2.37. The molecule has 2 rings (SSSR count). The summed E-state index contributed by atoms with van der Waals surface area (Å²) in [5.74, 6) is -0.0878. The smallest absolute Gasteiger partial charge is 0.253 e. The lowest BCUT2D eigenvalue weighted by molar-refractivity contribution is 0.0459. The first-order chi connectivity index (χ1) is 10.1. The third kappa shape index (κ3) is 4.23. The summed E-state index contributed by atoms with van der Waals surface area (Å²) in [5, 5.41) is 8.61. The van der Waals surface area contributed by atoms with E-state index in [4.69, 9.17) is 5.26 Å². The van der Waals surface area contributed by atoms with Crippen molar-refractivity contribution in [1.29, 1.82) is 5.26 Å². The third-order valence-electron chi connectivity index (χ3n) is 3.54. The van der Waals surface area contributed by atoms with Crippen molar-refractivity contribution in [2.45, 2.75) is 12.8 Å². The Hall–Kier alpha value is -2.00. The van der Waals surface area contributed by atoms with Crippen molar-refractivity contribution in [3.8, 4) is 6.07 Å². The second-order valence-electron chi connectivity index (χ2n) is 5.02. The van der Waals surface area contributed by atoms with E-state index < -0.39 is 6.43 Å². The van der Waals surface area contributed by atoms with Gasteiger partial charge in [-0.3, -0.25) is 9.69 Å². The van der Waals surface area contributed by atoms with Crippen LogP contribution in [0.1, 0.15) is 15.9 Å². The Bertz CT molecular complexity index is 517. The van der Waals surface area contributed by atoms with E-state index in [2.05, 4.69) is 6.07 Å². The van der Waals surface area contributed by atoms with Gasteiger partial charge < -0.3 is 4.90 Å². The SMILES string of the molecule is N#CCc1ccc(C(=O)N2CCN(CC(F)F)CC2)cc1. The van der Waals surface area contributed by atoms with Crippen molar-refractivity contribution < 1.29 is 13.6 Å². The van der Waals surface area contributed by atoms with Gasteiger partial charge >= 0.3 is 0 Å². The highest BCUT2D eigenvalue weighted by atomic mass is 19.3. The van der Waals surface area contributed by atoms with Crippen molar-refractivity contribution in [2.75, 3.05) is 32.7 Å². The Morgan fingerprint density at radius 2 is 1.81 bits per heavy atom. The zero-order valence-electron chi connectivity index (χ0n) is 11.6. The molecule has 1 saturated heterocycles. The summed E-state index contributed by atoms with van der Waals surface area (Å²) in [6.45, 7) is 1.65. The maximum Gasteiger partial charge on any atom is 0.253 e. The summed E-state index contributed by atoms with van der Waals surface area (Å²) in [7, 11) is 0. The first kappa shape index (κ1) is 15.4. The van der Waals surface area contributed by atoms with Crippen molar-refractivity contribution in [3.05, 3.63) is 35.4 Å². The van der Waals surface area contributed by atoms with E-state index in [1.807, 2.05) is 0 Å². The minimum atomic E-state index is -2.33. The van der Waals surface area contributed by atoms with Crippen LogP contribution in [0, 0.1) is 11.3 Å². The van der Waals surface area contributed by atoms with Gasteiger partial charge in [0.05, 0.1) is 19.0 Å². The summed E-state index contributed by atoms with van der Waals surface area (Å²) >= 11 is 0. The molecule has 21 heavy (non-hydrogen) atoms. The molecule has 0 unspecified atom stereocenters. The van der Waals surface area contributed by atoms with Crippen LogP contribution in [0.4, 0.5) is 8.78 Å². The largest absolute Gasteiger partial charge is 0.336 e. The van der Waals surface area contributed by atoms with Gasteiger partial charge in [0.2, 0.25) is 0 Å². The van der Waals surface area contributed by atoms with E-state index in [-0.39, 0.29) is 12.5 Å². The third-order valence-corrected chi connectivity index (χ3v) is 3.54. The molecule has 1 aliphatic rings. The van der Waals surface area contributed by atoms with Crippen LogP contribution in [-0.2, 0) is 6.42 Å². The van der Waals surface area contributed by atoms with E-state index in [9.17, 15) is 13.6 Å². The number of carbonyl (C=O) groups excluding carboxylic acids is 1. The Labute approximate surface area is 122 Å². The van der Waals surface area contributed by atoms with Crippen LogP contribution >= 0.6 is 0 Å². The fourth-order valence-electron chi connectivity index (χ4n) is 2.37. The van der Waals surface area contributed by atoms with Gasteiger partial charge in [-0.25, -0.2) is 8.78 Å². The summed E-state index contributed by atoms with van der Waals surface area (Å²) in [6.07, 6.45) is -2.01. The predicted octanol–water partition coefficient (Wildman–Crippen LogP) is 1.78. The van der Waals surface area contributed by atoms with E-state index in [0.717, 1.165) is 5.56 Å². The number of nitriles is 1. The number of benzene rings is 1. The van der Waals surface area contributed by atoms with Crippen molar-refractivity contribution >= 4 is 5.91 Å². The Balaban J connectivity index is 1.91. The van der Waals surface area contributed by atoms with E-state index in [0.29, 0.717) is 38.2 Å². The molecule has 0 N–H and O–H groups in total. The monoisotopic (exact) mass is 293 g/mol. The maximum absolute atomic E-state index is 12.3. The summed E-state index contributed by atoms with van der Waals surface area (Å²) in [5.41, 5.74) is 1.44. The van der Waals surface area contributed by atoms with Crippen LogP contribution in [-0.4, -0.2) is 54.9 Å². The Kier molecular flexibility index (Phi) is 5.23. The number of rotatable bonds is 4. The molecule has 0 aromatic heterocycles. The Morgan fingerprint density at radius 1 is 1.19 bits per heavy atom. The molecule has 1 aromatic rings. The van der Waals surface area contributed by atoms with Gasteiger partial charge in [0.25, 0.3) is 12.3 Å². The van der Waals surface area contributed by atoms with Gasteiger partial charge in [0, 0.05) is 31.7 Å². The second-order valence-corrected chi connectivity index (χ2v) is 5.02. The minimum Gasteiger partial charge on any atom is -0.336 e. The molecule has 1 heterocycles. The molecular weight excluding hydrogens is 276 g/mol. The first-order valence-corrected chi connectivity index (χ1v) is 6.86. The molecule has 112 valence electrons. The van der Waals surface area contributed by atoms with Crippen LogP contribution in [0.25, 0.3) is 0 Å². The summed E-state index contributed by atoms with van der Waals surface area (Å²) < 4.78 is 24.6. The van der Waals surface area contributed by atoms with Gasteiger partial charge in [-0.05, 0) is 17.7 Å². The fraction of sp³-hybridized carbons (Fsp3) is 0.467. The molecule has 1 aromatic carbocycles. The number of carbonyl (C=O) groups is 1. The molecule has 0 bridgehead atoms. The van der Waals surface area contributed by atoms with E-state index in [1.165, 1.54) is 0 Å². The predicted molar refractivity (Wildman–Crippen MR) is 74.1 cm³/mol. The van der Waals surface area contributed by atoms with Gasteiger partial charge in [-0.15, -0.1) is 0 Å². The zero-order valence-corrected chi connectivity index (χ0v) is 11.6. The highest BCUT2D eigenvalue weighted by molar-refractivity contribution is 5.94. The zero-order chi connectivity index (χ0) is 15.2. The van der Waals surface area contributed by atoms with Crippen molar-refractivity contribution in [3.63, 3.8) is 0 Å². The normalized spacial score (nSPS) is 16.0. The number of hydrogen-bond acceptors (Lipinski definition) is 3. The molecule has 0 radical (unpaired) electrons. The van der Waals surface area contributed by atoms with Crippen LogP contribution in [0.15, 0.2) is 24.3 Å². The molecule has 0 spiro atoms. The Morgan fingerprint density at radius 3 is 2.33 bits per heavy atom. The van der Waals surface area contributed by atoms with Gasteiger partial charge in [-0.1, -0.05) is 12.1 Å². The van der Waals surface area contributed by atoms with Gasteiger partial charge in [-0.2, -0.15) is 5.26 Å². The number of piperazine rings is 1. The van der Waals surface area contributed by atoms with E-state index >= 15 is 0 Å². The van der Waals surface area contributed by atoms with Crippen LogP contribution in [0.2, 0.25) is 0 Å². The van der Waals surface area contributed by atoms with Crippen molar-refractivity contribution in [2.24, 2.45) is 0 Å². The minimum absolute atomic E-state index is 0.0878. The van der Waals surface area contributed by atoms with Gasteiger partial charge in [0.15, 0.2) is 0 Å². The first-order valence-electron chi connectivity index (χ1n) is 6.86. The van der Waals surface area contributed by atoms with Crippen LogP contribution in [0.5, 0.6) is 0 Å². The quantitative estimate of drug-likeness (QED) is 0.850.